The molecule has 1 saturated carbocycles. The molecule has 0 bridgehead atoms. The first-order valence-corrected chi connectivity index (χ1v) is 8.08. The zero-order valence-corrected chi connectivity index (χ0v) is 13.4. The maximum absolute atomic E-state index is 12.4. The van der Waals surface area contributed by atoms with Crippen molar-refractivity contribution in [2.45, 2.75) is 71.4 Å². The Hall–Kier alpha value is -1.26. The predicted molar refractivity (Wildman–Crippen MR) is 81.1 cm³/mol. The Morgan fingerprint density at radius 3 is 2.33 bits per heavy atom. The number of carboxylic acids is 1. The highest BCUT2D eigenvalue weighted by Gasteiger charge is 2.34. The molecule has 1 saturated heterocycles. The van der Waals surface area contributed by atoms with E-state index in [0.29, 0.717) is 24.8 Å². The number of nitrogens with zero attached hydrogens (tertiary/aromatic N) is 1. The van der Waals surface area contributed by atoms with Crippen LogP contribution in [0, 0.1) is 11.3 Å². The molecule has 2 rings (SSSR count). The molecule has 2 unspecified atom stereocenters. The monoisotopic (exact) mass is 296 g/mol. The summed E-state index contributed by atoms with van der Waals surface area (Å²) in [6, 6.07) is 0.255. The van der Waals surface area contributed by atoms with Crippen molar-refractivity contribution < 1.29 is 14.7 Å². The minimum Gasteiger partial charge on any atom is -0.481 e. The molecule has 2 N–H and O–H groups in total. The van der Waals surface area contributed by atoms with E-state index in [1.807, 2.05) is 6.92 Å². The van der Waals surface area contributed by atoms with Crippen LogP contribution >= 0.6 is 0 Å². The molecule has 120 valence electrons. The van der Waals surface area contributed by atoms with Crippen LogP contribution in [0.25, 0.3) is 0 Å². The molecule has 5 nitrogen and oxygen atoms in total. The molecule has 0 aromatic carbocycles. The number of aliphatic carboxylic acids is 1. The average molecular weight is 296 g/mol. The van der Waals surface area contributed by atoms with Crippen LogP contribution in [0.4, 0.5) is 4.79 Å². The summed E-state index contributed by atoms with van der Waals surface area (Å²) < 4.78 is 0. The van der Waals surface area contributed by atoms with E-state index in [2.05, 4.69) is 19.2 Å². The zero-order valence-electron chi connectivity index (χ0n) is 13.4. The van der Waals surface area contributed by atoms with Gasteiger partial charge < -0.3 is 15.3 Å². The smallest absolute Gasteiger partial charge is 0.317 e. The number of likely N-dealkylation sites (tertiary alicyclic amines) is 1. The Morgan fingerprint density at radius 2 is 1.81 bits per heavy atom. The maximum Gasteiger partial charge on any atom is 0.317 e. The van der Waals surface area contributed by atoms with E-state index in [9.17, 15) is 9.59 Å². The summed E-state index contributed by atoms with van der Waals surface area (Å²) in [6.07, 6.45) is 5.49. The highest BCUT2D eigenvalue weighted by Crippen LogP contribution is 2.35. The number of piperidine rings is 1. The van der Waals surface area contributed by atoms with Crippen molar-refractivity contribution in [2.75, 3.05) is 6.54 Å². The molecule has 5 heteroatoms. The van der Waals surface area contributed by atoms with Crippen LogP contribution in [-0.4, -0.2) is 40.6 Å². The summed E-state index contributed by atoms with van der Waals surface area (Å²) >= 11 is 0. The molecule has 1 aliphatic heterocycles. The first-order valence-electron chi connectivity index (χ1n) is 8.08. The number of hydrogen-bond donors (Lipinski definition) is 2. The highest BCUT2D eigenvalue weighted by atomic mass is 16.4. The number of carboxylic acid groups (broad SMARTS) is 1. The fourth-order valence-electron chi connectivity index (χ4n) is 3.50. The molecule has 1 aliphatic carbocycles. The molecule has 0 aromatic rings. The number of carbonyl (C=O) groups excluding carboxylic acids is 1. The van der Waals surface area contributed by atoms with Crippen LogP contribution in [-0.2, 0) is 4.79 Å². The van der Waals surface area contributed by atoms with Gasteiger partial charge in [-0.25, -0.2) is 4.79 Å². The summed E-state index contributed by atoms with van der Waals surface area (Å²) in [7, 11) is 0. The Labute approximate surface area is 127 Å². The van der Waals surface area contributed by atoms with Gasteiger partial charge in [-0.15, -0.1) is 0 Å². The topological polar surface area (TPSA) is 69.6 Å². The summed E-state index contributed by atoms with van der Waals surface area (Å²) in [5.74, 6) is -1.05. The zero-order chi connectivity index (χ0) is 15.6. The third-order valence-electron chi connectivity index (χ3n) is 5.15. The van der Waals surface area contributed by atoms with E-state index >= 15 is 0 Å². The second-order valence-electron chi connectivity index (χ2n) is 7.49. The largest absolute Gasteiger partial charge is 0.481 e. The number of rotatable bonds is 2. The Morgan fingerprint density at radius 1 is 1.19 bits per heavy atom. The minimum absolute atomic E-state index is 0.000110. The highest BCUT2D eigenvalue weighted by molar-refractivity contribution is 5.76. The maximum atomic E-state index is 12.4. The van der Waals surface area contributed by atoms with Gasteiger partial charge in [0.05, 0.1) is 5.92 Å². The molecule has 1 heterocycles. The van der Waals surface area contributed by atoms with Crippen LogP contribution in [0.2, 0.25) is 0 Å². The lowest BCUT2D eigenvalue weighted by atomic mass is 9.75. The van der Waals surface area contributed by atoms with Crippen molar-refractivity contribution in [3.63, 3.8) is 0 Å². The van der Waals surface area contributed by atoms with E-state index in [1.165, 1.54) is 0 Å². The average Bonchev–Trinajstić information content (AvgIpc) is 2.40. The van der Waals surface area contributed by atoms with Crippen molar-refractivity contribution >= 4 is 12.0 Å². The van der Waals surface area contributed by atoms with Gasteiger partial charge in [0.2, 0.25) is 0 Å². The molecule has 2 aliphatic rings. The van der Waals surface area contributed by atoms with Crippen LogP contribution in [0.5, 0.6) is 0 Å². The van der Waals surface area contributed by atoms with Crippen LogP contribution in [0.1, 0.15) is 59.3 Å². The van der Waals surface area contributed by atoms with Crippen molar-refractivity contribution in [2.24, 2.45) is 11.3 Å². The van der Waals surface area contributed by atoms with E-state index in [4.69, 9.17) is 5.11 Å². The molecule has 0 aromatic heterocycles. The van der Waals surface area contributed by atoms with Gasteiger partial charge in [0.1, 0.15) is 0 Å². The number of hydrogen-bond acceptors (Lipinski definition) is 2. The van der Waals surface area contributed by atoms with E-state index in [-0.39, 0.29) is 24.0 Å². The lowest BCUT2D eigenvalue weighted by molar-refractivity contribution is -0.143. The van der Waals surface area contributed by atoms with Gasteiger partial charge in [-0.05, 0) is 50.9 Å². The van der Waals surface area contributed by atoms with Crippen molar-refractivity contribution in [3.05, 3.63) is 0 Å². The normalized spacial score (nSPS) is 30.0. The first kappa shape index (κ1) is 16.1. The van der Waals surface area contributed by atoms with Crippen molar-refractivity contribution in [1.82, 2.24) is 10.2 Å². The Kier molecular flexibility index (Phi) is 4.79. The molecule has 2 fully saturated rings. The lowest BCUT2D eigenvalue weighted by Crippen LogP contribution is -2.53. The van der Waals surface area contributed by atoms with Gasteiger partial charge in [-0.1, -0.05) is 13.8 Å². The summed E-state index contributed by atoms with van der Waals surface area (Å²) in [5.41, 5.74) is 0.397. The van der Waals surface area contributed by atoms with Gasteiger partial charge >= 0.3 is 12.0 Å². The Bertz CT molecular complexity index is 398. The van der Waals surface area contributed by atoms with E-state index in [0.717, 1.165) is 25.7 Å². The summed E-state index contributed by atoms with van der Waals surface area (Å²) in [5, 5.41) is 12.2. The lowest BCUT2D eigenvalue weighted by Gasteiger charge is -2.39. The second-order valence-corrected chi connectivity index (χ2v) is 7.49. The third-order valence-corrected chi connectivity index (χ3v) is 5.15. The number of nitrogens with one attached hydrogen (secondary N) is 1. The predicted octanol–water partition coefficient (Wildman–Crippen LogP) is 2.85. The third kappa shape index (κ3) is 4.11. The van der Waals surface area contributed by atoms with Gasteiger partial charge in [0.15, 0.2) is 0 Å². The Balaban J connectivity index is 1.83. The first-order chi connectivity index (χ1) is 9.78. The standard InChI is InChI=1S/C16H28N2O3/c1-11-10-12(14(19)20)6-9-18(11)15(21)17-13-4-7-16(2,3)8-5-13/h11-13H,4-10H2,1-3H3,(H,17,21)(H,19,20). The minimum atomic E-state index is -0.739. The molecular formula is C16H28N2O3. The number of urea groups is 1. The molecule has 2 amide bonds. The van der Waals surface area contributed by atoms with E-state index < -0.39 is 5.97 Å². The number of amides is 2. The van der Waals surface area contributed by atoms with Gasteiger partial charge in [-0.3, -0.25) is 4.79 Å². The molecular weight excluding hydrogens is 268 g/mol. The van der Waals surface area contributed by atoms with Crippen LogP contribution in [0.15, 0.2) is 0 Å². The molecule has 21 heavy (non-hydrogen) atoms. The SMILES string of the molecule is CC1CC(C(=O)O)CCN1C(=O)NC1CCC(C)(C)CC1. The molecule has 0 radical (unpaired) electrons. The van der Waals surface area contributed by atoms with Crippen molar-refractivity contribution in [3.8, 4) is 0 Å². The number of carbonyl (C=O) groups is 2. The summed E-state index contributed by atoms with van der Waals surface area (Å²) in [4.78, 5) is 25.2. The fraction of sp³-hybridized carbons (Fsp3) is 0.875. The van der Waals surface area contributed by atoms with Gasteiger partial charge in [-0.2, -0.15) is 0 Å². The van der Waals surface area contributed by atoms with E-state index in [1.54, 1.807) is 4.90 Å². The molecule has 0 spiro atoms. The van der Waals surface area contributed by atoms with Crippen molar-refractivity contribution in [1.29, 1.82) is 0 Å². The van der Waals surface area contributed by atoms with Crippen LogP contribution in [0.3, 0.4) is 0 Å². The van der Waals surface area contributed by atoms with Crippen LogP contribution < -0.4 is 5.32 Å². The van der Waals surface area contributed by atoms with Gasteiger partial charge in [0.25, 0.3) is 0 Å². The fourth-order valence-corrected chi connectivity index (χ4v) is 3.50. The quantitative estimate of drug-likeness (QED) is 0.823. The van der Waals surface area contributed by atoms with Gasteiger partial charge in [0, 0.05) is 18.6 Å². The second kappa shape index (κ2) is 6.24. The summed E-state index contributed by atoms with van der Waals surface area (Å²) in [6.45, 7) is 7.05. The molecule has 2 atom stereocenters.